The minimum absolute atomic E-state index is 1.14. The molecular formula is C34H24N2. The predicted molar refractivity (Wildman–Crippen MR) is 153 cm³/mol. The van der Waals surface area contributed by atoms with Crippen molar-refractivity contribution in [3.63, 3.8) is 0 Å². The van der Waals surface area contributed by atoms with Crippen LogP contribution in [0.15, 0.2) is 146 Å². The Kier molecular flexibility index (Phi) is 4.82. The van der Waals surface area contributed by atoms with Gasteiger partial charge in [-0.2, -0.15) is 0 Å². The first-order valence-electron chi connectivity index (χ1n) is 12.3. The molecule has 170 valence electrons. The molecular weight excluding hydrogens is 436 g/mol. The third kappa shape index (κ3) is 3.43. The largest absolute Gasteiger partial charge is 0.317 e. The number of benzene rings is 6. The predicted octanol–water partition coefficient (Wildman–Crippen LogP) is 9.41. The van der Waals surface area contributed by atoms with E-state index in [-0.39, 0.29) is 0 Å². The van der Waals surface area contributed by atoms with Crippen molar-refractivity contribution in [1.82, 2.24) is 4.57 Å². The van der Waals surface area contributed by atoms with E-state index < -0.39 is 0 Å². The lowest BCUT2D eigenvalue weighted by atomic mass is 10.0. The van der Waals surface area contributed by atoms with Crippen molar-refractivity contribution in [3.8, 4) is 5.69 Å². The fourth-order valence-electron chi connectivity index (χ4n) is 5.23. The van der Waals surface area contributed by atoms with E-state index >= 15 is 0 Å². The number of nitrogens with zero attached hydrogens (tertiary/aromatic N) is 2. The molecule has 7 aromatic rings. The van der Waals surface area contributed by atoms with Crippen molar-refractivity contribution in [2.45, 2.75) is 0 Å². The molecule has 1 heterocycles. The highest BCUT2D eigenvalue weighted by Gasteiger charge is 2.17. The average Bonchev–Trinajstić information content (AvgIpc) is 3.37. The quantitative estimate of drug-likeness (QED) is 0.254. The Morgan fingerprint density at radius 2 is 1.11 bits per heavy atom. The monoisotopic (exact) mass is 460 g/mol. The van der Waals surface area contributed by atoms with Crippen molar-refractivity contribution in [2.75, 3.05) is 4.90 Å². The van der Waals surface area contributed by atoms with Crippen molar-refractivity contribution in [3.05, 3.63) is 146 Å². The molecule has 0 spiro atoms. The molecule has 0 aliphatic rings. The minimum Gasteiger partial charge on any atom is -0.317 e. The first kappa shape index (κ1) is 20.5. The van der Waals surface area contributed by atoms with Gasteiger partial charge < -0.3 is 9.47 Å². The van der Waals surface area contributed by atoms with E-state index in [1.165, 1.54) is 43.8 Å². The summed E-state index contributed by atoms with van der Waals surface area (Å²) in [4.78, 5) is 2.38. The van der Waals surface area contributed by atoms with Crippen LogP contribution < -0.4 is 4.90 Å². The molecule has 36 heavy (non-hydrogen) atoms. The van der Waals surface area contributed by atoms with E-state index in [0.29, 0.717) is 0 Å². The van der Waals surface area contributed by atoms with Gasteiger partial charge >= 0.3 is 0 Å². The maximum absolute atomic E-state index is 2.38. The molecule has 2 nitrogen and oxygen atoms in total. The van der Waals surface area contributed by atoms with Gasteiger partial charge in [0.2, 0.25) is 0 Å². The Hall–Kier alpha value is -4.82. The summed E-state index contributed by atoms with van der Waals surface area (Å²) in [5.41, 5.74) is 5.82. The molecule has 1 aromatic heterocycles. The van der Waals surface area contributed by atoms with Gasteiger partial charge in [0.1, 0.15) is 0 Å². The van der Waals surface area contributed by atoms with E-state index in [1.807, 2.05) is 0 Å². The van der Waals surface area contributed by atoms with Crippen molar-refractivity contribution in [2.24, 2.45) is 0 Å². The summed E-state index contributed by atoms with van der Waals surface area (Å²) in [6.45, 7) is 0. The van der Waals surface area contributed by atoms with Crippen molar-refractivity contribution in [1.29, 1.82) is 0 Å². The smallest absolute Gasteiger partial charge is 0.0540 e. The Balaban J connectivity index is 1.45. The zero-order chi connectivity index (χ0) is 23.9. The first-order chi connectivity index (χ1) is 17.8. The summed E-state index contributed by atoms with van der Waals surface area (Å²) in [6.07, 6.45) is 2.15. The van der Waals surface area contributed by atoms with Crippen molar-refractivity contribution < 1.29 is 0 Å². The maximum atomic E-state index is 2.38. The van der Waals surface area contributed by atoms with Crippen LogP contribution in [0.5, 0.6) is 0 Å². The lowest BCUT2D eigenvalue weighted by Gasteiger charge is -2.27. The fourth-order valence-corrected chi connectivity index (χ4v) is 5.23. The molecule has 0 bridgehead atoms. The van der Waals surface area contributed by atoms with Crippen molar-refractivity contribution >= 4 is 49.5 Å². The number of para-hydroxylation sites is 1. The van der Waals surface area contributed by atoms with Crippen LogP contribution in [0.2, 0.25) is 0 Å². The molecule has 2 heteroatoms. The normalized spacial score (nSPS) is 11.3. The van der Waals surface area contributed by atoms with Crippen LogP contribution in [0.25, 0.3) is 38.1 Å². The second-order valence-corrected chi connectivity index (χ2v) is 9.13. The standard InChI is InChI=1S/C34H24N2/c1-2-13-29(14-3-1)35-22-21-28-24-31(19-20-33(28)35)36(30-18-17-25-9-4-5-11-27(25)23-30)34-16-8-12-26-10-6-7-15-32(26)34/h1-24H. The molecule has 0 amide bonds. The summed E-state index contributed by atoms with van der Waals surface area (Å²) in [5.74, 6) is 0. The molecule has 0 fully saturated rings. The number of hydrogen-bond donors (Lipinski definition) is 0. The third-order valence-electron chi connectivity index (χ3n) is 6.97. The van der Waals surface area contributed by atoms with E-state index in [4.69, 9.17) is 0 Å². The minimum atomic E-state index is 1.14. The van der Waals surface area contributed by atoms with Crippen LogP contribution in [0.4, 0.5) is 17.1 Å². The van der Waals surface area contributed by atoms with Gasteiger partial charge in [-0.3, -0.25) is 0 Å². The second kappa shape index (κ2) is 8.44. The topological polar surface area (TPSA) is 8.17 Å². The van der Waals surface area contributed by atoms with E-state index in [0.717, 1.165) is 11.4 Å². The summed E-state index contributed by atoms with van der Waals surface area (Å²) in [7, 11) is 0. The molecule has 0 aliphatic carbocycles. The molecule has 0 radical (unpaired) electrons. The van der Waals surface area contributed by atoms with E-state index in [9.17, 15) is 0 Å². The third-order valence-corrected chi connectivity index (χ3v) is 6.97. The van der Waals surface area contributed by atoms with Crippen LogP contribution in [-0.2, 0) is 0 Å². The molecule has 6 aromatic carbocycles. The summed E-state index contributed by atoms with van der Waals surface area (Å²) in [5, 5.41) is 6.15. The number of aromatic nitrogens is 1. The van der Waals surface area contributed by atoms with Crippen LogP contribution in [0.3, 0.4) is 0 Å². The molecule has 0 N–H and O–H groups in total. The Morgan fingerprint density at radius 1 is 0.444 bits per heavy atom. The van der Waals surface area contributed by atoms with Crippen LogP contribution in [0.1, 0.15) is 0 Å². The molecule has 0 atom stereocenters. The molecule has 0 saturated heterocycles. The highest BCUT2D eigenvalue weighted by atomic mass is 15.1. The van der Waals surface area contributed by atoms with E-state index in [1.54, 1.807) is 0 Å². The van der Waals surface area contributed by atoms with Crippen LogP contribution in [-0.4, -0.2) is 4.57 Å². The molecule has 7 rings (SSSR count). The number of rotatable bonds is 4. The van der Waals surface area contributed by atoms with Gasteiger partial charge in [0.15, 0.2) is 0 Å². The first-order valence-corrected chi connectivity index (χ1v) is 12.3. The SMILES string of the molecule is c1ccc(-n2ccc3cc(N(c4ccc5ccccc5c4)c4cccc5ccccc45)ccc32)cc1. The lowest BCUT2D eigenvalue weighted by Crippen LogP contribution is -2.10. The van der Waals surface area contributed by atoms with E-state index in [2.05, 4.69) is 155 Å². The van der Waals surface area contributed by atoms with Gasteiger partial charge in [-0.1, -0.05) is 84.9 Å². The lowest BCUT2D eigenvalue weighted by molar-refractivity contribution is 1.13. The summed E-state index contributed by atoms with van der Waals surface area (Å²) in [6, 6.07) is 49.9. The number of anilines is 3. The molecule has 0 saturated carbocycles. The zero-order valence-corrected chi connectivity index (χ0v) is 19.8. The summed E-state index contributed by atoms with van der Waals surface area (Å²) < 4.78 is 2.25. The number of fused-ring (bicyclic) bond motifs is 3. The Bertz CT molecular complexity index is 1840. The van der Waals surface area contributed by atoms with Gasteiger partial charge in [0.25, 0.3) is 0 Å². The molecule has 0 aliphatic heterocycles. The van der Waals surface area contributed by atoms with Gasteiger partial charge in [-0.25, -0.2) is 0 Å². The van der Waals surface area contributed by atoms with Gasteiger partial charge in [0.05, 0.1) is 11.2 Å². The van der Waals surface area contributed by atoms with Gasteiger partial charge in [-0.05, 0) is 70.8 Å². The van der Waals surface area contributed by atoms with Gasteiger partial charge in [0, 0.05) is 34.0 Å². The van der Waals surface area contributed by atoms with Crippen LogP contribution >= 0.6 is 0 Å². The van der Waals surface area contributed by atoms with Gasteiger partial charge in [-0.15, -0.1) is 0 Å². The Morgan fingerprint density at radius 3 is 1.97 bits per heavy atom. The highest BCUT2D eigenvalue weighted by molar-refractivity contribution is 6.01. The maximum Gasteiger partial charge on any atom is 0.0540 e. The number of hydrogen-bond acceptors (Lipinski definition) is 1. The van der Waals surface area contributed by atoms with Crippen LogP contribution in [0, 0.1) is 0 Å². The second-order valence-electron chi connectivity index (χ2n) is 9.13. The zero-order valence-electron chi connectivity index (χ0n) is 19.8. The Labute approximate surface area is 210 Å². The highest BCUT2D eigenvalue weighted by Crippen LogP contribution is 2.41. The average molecular weight is 461 g/mol. The fraction of sp³-hybridized carbons (Fsp3) is 0. The molecule has 0 unspecified atom stereocenters. The summed E-state index contributed by atoms with van der Waals surface area (Å²) >= 11 is 0.